The number of piperazine rings is 1. The number of hydrogen-bond donors (Lipinski definition) is 0. The monoisotopic (exact) mass is 387 g/mol. The highest BCUT2D eigenvalue weighted by Crippen LogP contribution is 2.26. The molecule has 2 heterocycles. The number of aromatic nitrogens is 1. The van der Waals surface area contributed by atoms with Crippen LogP contribution in [-0.2, 0) is 10.5 Å². The fourth-order valence-corrected chi connectivity index (χ4v) is 4.94. The average molecular weight is 388 g/mol. The molecule has 146 valence electrons. The summed E-state index contributed by atoms with van der Waals surface area (Å²) in [6.07, 6.45) is 0. The van der Waals surface area contributed by atoms with E-state index in [0.717, 1.165) is 35.9 Å². The number of carbonyl (C=O) groups excluding carboxylic acids is 1. The number of hydrogen-bond acceptors (Lipinski definition) is 5. The lowest BCUT2D eigenvalue weighted by Crippen LogP contribution is -2.58. The summed E-state index contributed by atoms with van der Waals surface area (Å²) in [4.78, 5) is 17.2. The van der Waals surface area contributed by atoms with E-state index in [2.05, 4.69) is 55.1 Å². The number of thioether (sulfide) groups is 1. The van der Waals surface area contributed by atoms with Crippen LogP contribution in [-0.4, -0.2) is 46.9 Å². The van der Waals surface area contributed by atoms with E-state index in [-0.39, 0.29) is 5.91 Å². The third kappa shape index (κ3) is 4.49. The predicted octanol–water partition coefficient (Wildman–Crippen LogP) is 3.96. The molecule has 5 nitrogen and oxygen atoms in total. The van der Waals surface area contributed by atoms with E-state index in [1.54, 1.807) is 11.8 Å². The van der Waals surface area contributed by atoms with Crippen molar-refractivity contribution in [2.24, 2.45) is 0 Å². The molecule has 0 N–H and O–H groups in total. The SMILES string of the molecule is Cc1cccc(N2[C@@H](C)CN(C(=O)CSCc3c(C)noc3C)C[C@@H]2C)c1. The summed E-state index contributed by atoms with van der Waals surface area (Å²) >= 11 is 1.64. The van der Waals surface area contributed by atoms with Gasteiger partial charge in [0.2, 0.25) is 5.91 Å². The Morgan fingerprint density at radius 2 is 1.93 bits per heavy atom. The molecule has 2 aromatic rings. The van der Waals surface area contributed by atoms with Gasteiger partial charge in [0.15, 0.2) is 0 Å². The quantitative estimate of drug-likeness (QED) is 0.777. The first-order chi connectivity index (χ1) is 12.9. The molecule has 0 aliphatic carbocycles. The lowest BCUT2D eigenvalue weighted by Gasteiger charge is -2.46. The molecule has 1 aliphatic heterocycles. The maximum atomic E-state index is 12.7. The van der Waals surface area contributed by atoms with E-state index in [1.807, 2.05) is 18.7 Å². The van der Waals surface area contributed by atoms with Crippen LogP contribution in [0, 0.1) is 20.8 Å². The Morgan fingerprint density at radius 3 is 2.52 bits per heavy atom. The molecule has 27 heavy (non-hydrogen) atoms. The zero-order valence-corrected chi connectivity index (χ0v) is 17.7. The van der Waals surface area contributed by atoms with E-state index in [9.17, 15) is 4.79 Å². The molecule has 1 aliphatic rings. The Balaban J connectivity index is 1.57. The van der Waals surface area contributed by atoms with Crippen LogP contribution < -0.4 is 4.90 Å². The van der Waals surface area contributed by atoms with Gasteiger partial charge in [-0.05, 0) is 52.3 Å². The Kier molecular flexibility index (Phi) is 6.15. The van der Waals surface area contributed by atoms with E-state index >= 15 is 0 Å². The number of benzene rings is 1. The Morgan fingerprint density at radius 1 is 1.22 bits per heavy atom. The number of aryl methyl sites for hydroxylation is 3. The fraction of sp³-hybridized carbons (Fsp3) is 0.524. The highest BCUT2D eigenvalue weighted by Gasteiger charge is 2.31. The Bertz CT molecular complexity index is 773. The molecule has 6 heteroatoms. The van der Waals surface area contributed by atoms with Crippen molar-refractivity contribution in [3.63, 3.8) is 0 Å². The van der Waals surface area contributed by atoms with Crippen molar-refractivity contribution in [3.05, 3.63) is 46.8 Å². The smallest absolute Gasteiger partial charge is 0.232 e. The van der Waals surface area contributed by atoms with Crippen LogP contribution in [0.25, 0.3) is 0 Å². The third-order valence-electron chi connectivity index (χ3n) is 5.22. The minimum absolute atomic E-state index is 0.217. The van der Waals surface area contributed by atoms with Gasteiger partial charge in [-0.1, -0.05) is 17.3 Å². The highest BCUT2D eigenvalue weighted by atomic mass is 32.2. The molecule has 1 aromatic carbocycles. The molecule has 0 radical (unpaired) electrons. The summed E-state index contributed by atoms with van der Waals surface area (Å²) in [6.45, 7) is 11.9. The first-order valence-corrected chi connectivity index (χ1v) is 10.6. The van der Waals surface area contributed by atoms with Crippen molar-refractivity contribution in [2.75, 3.05) is 23.7 Å². The maximum absolute atomic E-state index is 12.7. The summed E-state index contributed by atoms with van der Waals surface area (Å²) in [5.41, 5.74) is 4.54. The molecule has 0 bridgehead atoms. The van der Waals surface area contributed by atoms with E-state index in [4.69, 9.17) is 4.52 Å². The van der Waals surface area contributed by atoms with Gasteiger partial charge < -0.3 is 14.3 Å². The molecule has 1 saturated heterocycles. The first kappa shape index (κ1) is 19.8. The van der Waals surface area contributed by atoms with Gasteiger partial charge in [0.05, 0.1) is 11.4 Å². The van der Waals surface area contributed by atoms with Crippen LogP contribution in [0.4, 0.5) is 5.69 Å². The molecular formula is C21H29N3O2S. The van der Waals surface area contributed by atoms with Crippen molar-refractivity contribution in [3.8, 4) is 0 Å². The van der Waals surface area contributed by atoms with Crippen molar-refractivity contribution in [1.82, 2.24) is 10.1 Å². The van der Waals surface area contributed by atoms with Gasteiger partial charge in [0.25, 0.3) is 0 Å². The molecule has 3 rings (SSSR count). The Hall–Kier alpha value is -1.95. The summed E-state index contributed by atoms with van der Waals surface area (Å²) in [5, 5.41) is 3.98. The predicted molar refractivity (Wildman–Crippen MR) is 111 cm³/mol. The maximum Gasteiger partial charge on any atom is 0.232 e. The number of nitrogens with zero attached hydrogens (tertiary/aromatic N) is 3. The van der Waals surface area contributed by atoms with Crippen LogP contribution in [0.15, 0.2) is 28.8 Å². The zero-order valence-electron chi connectivity index (χ0n) is 16.9. The second-order valence-corrected chi connectivity index (χ2v) is 8.52. The summed E-state index contributed by atoms with van der Waals surface area (Å²) in [5.74, 6) is 2.32. The number of anilines is 1. The van der Waals surface area contributed by atoms with Crippen molar-refractivity contribution in [1.29, 1.82) is 0 Å². The summed E-state index contributed by atoms with van der Waals surface area (Å²) in [6, 6.07) is 9.21. The third-order valence-corrected chi connectivity index (χ3v) is 6.17. The summed E-state index contributed by atoms with van der Waals surface area (Å²) in [7, 11) is 0. The van der Waals surface area contributed by atoms with E-state index in [0.29, 0.717) is 17.8 Å². The zero-order chi connectivity index (χ0) is 19.6. The molecule has 0 saturated carbocycles. The van der Waals surface area contributed by atoms with E-state index in [1.165, 1.54) is 11.3 Å². The minimum Gasteiger partial charge on any atom is -0.363 e. The number of rotatable bonds is 5. The van der Waals surface area contributed by atoms with Crippen LogP contribution >= 0.6 is 11.8 Å². The van der Waals surface area contributed by atoms with Gasteiger partial charge in [-0.15, -0.1) is 11.8 Å². The van der Waals surface area contributed by atoms with Gasteiger partial charge in [0.1, 0.15) is 5.76 Å². The molecule has 1 aromatic heterocycles. The standard InChI is InChI=1S/C21H29N3O2S/c1-14-7-6-8-19(9-14)24-15(2)10-23(11-16(24)3)21(25)13-27-12-20-17(4)22-26-18(20)5/h6-9,15-16H,10-13H2,1-5H3/t15-,16-/m0/s1. The lowest BCUT2D eigenvalue weighted by atomic mass is 10.1. The van der Waals surface area contributed by atoms with Crippen molar-refractivity contribution in [2.45, 2.75) is 52.5 Å². The lowest BCUT2D eigenvalue weighted by molar-refractivity contribution is -0.129. The summed E-state index contributed by atoms with van der Waals surface area (Å²) < 4.78 is 5.20. The van der Waals surface area contributed by atoms with Gasteiger partial charge >= 0.3 is 0 Å². The second-order valence-electron chi connectivity index (χ2n) is 7.54. The van der Waals surface area contributed by atoms with Crippen LogP contribution in [0.3, 0.4) is 0 Å². The van der Waals surface area contributed by atoms with Crippen LogP contribution in [0.2, 0.25) is 0 Å². The van der Waals surface area contributed by atoms with Crippen molar-refractivity contribution < 1.29 is 9.32 Å². The topological polar surface area (TPSA) is 49.6 Å². The largest absolute Gasteiger partial charge is 0.363 e. The fourth-order valence-electron chi connectivity index (χ4n) is 3.86. The molecule has 1 amide bonds. The molecule has 2 atom stereocenters. The van der Waals surface area contributed by atoms with Gasteiger partial charge in [-0.2, -0.15) is 0 Å². The number of amides is 1. The average Bonchev–Trinajstić information content (AvgIpc) is 2.93. The van der Waals surface area contributed by atoms with E-state index < -0.39 is 0 Å². The molecular weight excluding hydrogens is 358 g/mol. The Labute approximate surface area is 166 Å². The second kappa shape index (κ2) is 8.38. The molecule has 0 spiro atoms. The molecule has 1 fully saturated rings. The highest BCUT2D eigenvalue weighted by molar-refractivity contribution is 7.99. The molecule has 0 unspecified atom stereocenters. The van der Waals surface area contributed by atoms with Gasteiger partial charge in [0, 0.05) is 42.2 Å². The first-order valence-electron chi connectivity index (χ1n) is 9.49. The normalized spacial score (nSPS) is 20.2. The number of carbonyl (C=O) groups is 1. The van der Waals surface area contributed by atoms with Crippen LogP contribution in [0.1, 0.15) is 36.4 Å². The van der Waals surface area contributed by atoms with Gasteiger partial charge in [-0.3, -0.25) is 4.79 Å². The van der Waals surface area contributed by atoms with Crippen LogP contribution in [0.5, 0.6) is 0 Å². The minimum atomic E-state index is 0.217. The van der Waals surface area contributed by atoms with Crippen molar-refractivity contribution >= 4 is 23.4 Å². The van der Waals surface area contributed by atoms with Gasteiger partial charge in [-0.25, -0.2) is 0 Å².